The van der Waals surface area contributed by atoms with Crippen LogP contribution in [0.2, 0.25) is 0 Å². The topological polar surface area (TPSA) is 73.8 Å². The summed E-state index contributed by atoms with van der Waals surface area (Å²) in [5, 5.41) is 26.2. The summed E-state index contributed by atoms with van der Waals surface area (Å²) in [5.41, 5.74) is 6.05. The highest BCUT2D eigenvalue weighted by Gasteiger charge is 2.42. The van der Waals surface area contributed by atoms with Crippen LogP contribution < -0.4 is 4.57 Å². The van der Waals surface area contributed by atoms with Crippen LogP contribution in [0.15, 0.2) is 95.1 Å². The molecule has 2 atom stereocenters. The van der Waals surface area contributed by atoms with E-state index in [0.717, 1.165) is 53.0 Å². The standard InChI is InChI=1S/C41H47N2O3S/c1-28(44)47-25-15-9-7-5-4-6-8-14-23-43-24-22-30(31-17-12-13-19-36(31)43)26-33-39(45)34(40(33)46)27-37-41(2,3)38-32-18-11-10-16-29(32)20-21-35(38)42-37/h10-13,16-22,24,26-27,39-40,45-46H,4-9,14-15,23,25H2,1-3H3/q+1. The van der Waals surface area contributed by atoms with Crippen molar-refractivity contribution in [2.45, 2.75) is 96.3 Å². The van der Waals surface area contributed by atoms with Crippen molar-refractivity contribution in [1.29, 1.82) is 0 Å². The Kier molecular flexibility index (Phi) is 10.4. The van der Waals surface area contributed by atoms with E-state index in [0.29, 0.717) is 11.1 Å². The normalized spacial score (nSPS) is 18.3. The van der Waals surface area contributed by atoms with Gasteiger partial charge in [0, 0.05) is 36.6 Å². The maximum atomic E-state index is 11.3. The van der Waals surface area contributed by atoms with Crippen LogP contribution in [0.1, 0.15) is 83.3 Å². The number of aromatic nitrogens is 1. The van der Waals surface area contributed by atoms with Crippen LogP contribution in [0.3, 0.4) is 0 Å². The first kappa shape index (κ1) is 33.3. The molecule has 2 heterocycles. The minimum Gasteiger partial charge on any atom is -0.384 e. The maximum absolute atomic E-state index is 11.3. The Labute approximate surface area is 283 Å². The van der Waals surface area contributed by atoms with Gasteiger partial charge in [-0.2, -0.15) is 4.57 Å². The fraction of sp³-hybridized carbons (Fsp3) is 0.390. The number of hydrogen-bond acceptors (Lipinski definition) is 5. The van der Waals surface area contributed by atoms with Gasteiger partial charge in [-0.05, 0) is 70.2 Å². The molecule has 244 valence electrons. The molecule has 0 radical (unpaired) electrons. The molecular formula is C41H47N2O3S+. The molecule has 1 aliphatic carbocycles. The van der Waals surface area contributed by atoms with Gasteiger partial charge < -0.3 is 10.2 Å². The molecule has 6 heteroatoms. The number of hydrogen-bond donors (Lipinski definition) is 2. The number of allylic oxidation sites excluding steroid dienone is 1. The molecule has 6 rings (SSSR count). The van der Waals surface area contributed by atoms with Gasteiger partial charge in [-0.15, -0.1) is 0 Å². The minimum atomic E-state index is -0.838. The van der Waals surface area contributed by atoms with Crippen molar-refractivity contribution < 1.29 is 19.6 Å². The van der Waals surface area contributed by atoms with Gasteiger partial charge in [-0.1, -0.05) is 100 Å². The molecule has 2 N–H and O–H groups in total. The summed E-state index contributed by atoms with van der Waals surface area (Å²) in [5.74, 6) is 0.956. The number of nitrogens with zero attached hydrogens (tertiary/aromatic N) is 2. The summed E-state index contributed by atoms with van der Waals surface area (Å²) in [4.78, 5) is 16.0. The van der Waals surface area contributed by atoms with E-state index in [1.54, 1.807) is 6.92 Å². The zero-order valence-electron chi connectivity index (χ0n) is 27.9. The molecule has 1 aromatic heterocycles. The first-order chi connectivity index (χ1) is 22.8. The van der Waals surface area contributed by atoms with E-state index >= 15 is 0 Å². The molecule has 1 saturated carbocycles. The Morgan fingerprint density at radius 3 is 2.19 bits per heavy atom. The summed E-state index contributed by atoms with van der Waals surface area (Å²) in [6, 6.07) is 23.1. The second kappa shape index (κ2) is 14.7. The first-order valence-electron chi connectivity index (χ1n) is 17.2. The highest BCUT2D eigenvalue weighted by molar-refractivity contribution is 8.13. The number of fused-ring (bicyclic) bond motifs is 4. The van der Waals surface area contributed by atoms with Gasteiger partial charge in [0.15, 0.2) is 11.3 Å². The van der Waals surface area contributed by atoms with Crippen molar-refractivity contribution in [3.8, 4) is 0 Å². The van der Waals surface area contributed by atoms with Gasteiger partial charge in [0.1, 0.15) is 18.8 Å². The molecule has 1 fully saturated rings. The first-order valence-corrected chi connectivity index (χ1v) is 18.2. The van der Waals surface area contributed by atoms with E-state index in [4.69, 9.17) is 4.99 Å². The largest absolute Gasteiger partial charge is 0.384 e. The number of rotatable bonds is 13. The highest BCUT2D eigenvalue weighted by Crippen LogP contribution is 2.46. The molecule has 2 aliphatic rings. The molecule has 2 unspecified atom stereocenters. The number of para-hydroxylation sites is 1. The van der Waals surface area contributed by atoms with E-state index < -0.39 is 12.2 Å². The lowest BCUT2D eigenvalue weighted by atomic mass is 9.74. The van der Waals surface area contributed by atoms with Gasteiger partial charge in [0.2, 0.25) is 5.52 Å². The van der Waals surface area contributed by atoms with Crippen LogP contribution in [0, 0.1) is 0 Å². The number of aliphatic hydroxyl groups is 2. The maximum Gasteiger partial charge on any atom is 0.213 e. The van der Waals surface area contributed by atoms with Gasteiger partial charge in [0.25, 0.3) is 0 Å². The fourth-order valence-corrected chi connectivity index (χ4v) is 7.79. The number of benzene rings is 3. The number of aryl methyl sites for hydroxylation is 1. The zero-order chi connectivity index (χ0) is 33.0. The van der Waals surface area contributed by atoms with E-state index in [9.17, 15) is 15.0 Å². The van der Waals surface area contributed by atoms with Crippen LogP contribution in [0.5, 0.6) is 0 Å². The van der Waals surface area contributed by atoms with Crippen molar-refractivity contribution in [1.82, 2.24) is 0 Å². The number of carbonyl (C=O) groups excluding carboxylic acids is 1. The molecular weight excluding hydrogens is 601 g/mol. The van der Waals surface area contributed by atoms with E-state index in [-0.39, 0.29) is 10.5 Å². The third kappa shape index (κ3) is 7.15. The number of aliphatic hydroxyl groups excluding tert-OH is 2. The molecule has 47 heavy (non-hydrogen) atoms. The van der Waals surface area contributed by atoms with Gasteiger partial charge in [-0.3, -0.25) is 9.79 Å². The molecule has 0 saturated heterocycles. The van der Waals surface area contributed by atoms with E-state index in [1.807, 2.05) is 18.2 Å². The summed E-state index contributed by atoms with van der Waals surface area (Å²) >= 11 is 1.44. The number of aliphatic imine (C=N–C) groups is 1. The summed E-state index contributed by atoms with van der Waals surface area (Å²) in [6.07, 6.45) is 14.1. The quantitative estimate of drug-likeness (QED) is 0.112. The monoisotopic (exact) mass is 647 g/mol. The SMILES string of the molecule is CC(=O)SCCCCCCCCCC[n+]1ccc(C=C2C(O)C(=CC3=Nc4ccc5ccccc5c4C3(C)C)C2O)c2ccccc21. The molecule has 1 aliphatic heterocycles. The average Bonchev–Trinajstić information content (AvgIpc) is 3.34. The van der Waals surface area contributed by atoms with Crippen molar-refractivity contribution in [2.24, 2.45) is 4.99 Å². The lowest BCUT2D eigenvalue weighted by Crippen LogP contribution is -2.42. The van der Waals surface area contributed by atoms with Crippen molar-refractivity contribution in [3.63, 3.8) is 0 Å². The zero-order valence-corrected chi connectivity index (χ0v) is 28.7. The Morgan fingerprint density at radius 2 is 1.45 bits per heavy atom. The summed E-state index contributed by atoms with van der Waals surface area (Å²) < 4.78 is 2.32. The molecule has 4 aromatic rings. The van der Waals surface area contributed by atoms with Crippen LogP contribution in [-0.2, 0) is 16.8 Å². The predicted molar refractivity (Wildman–Crippen MR) is 196 cm³/mol. The number of carbonyl (C=O) groups is 1. The Balaban J connectivity index is 1.08. The Morgan fingerprint density at radius 1 is 0.809 bits per heavy atom. The molecule has 3 aromatic carbocycles. The van der Waals surface area contributed by atoms with Crippen LogP contribution >= 0.6 is 11.8 Å². The smallest absolute Gasteiger partial charge is 0.213 e. The average molecular weight is 648 g/mol. The van der Waals surface area contributed by atoms with Crippen molar-refractivity contribution >= 4 is 56.0 Å². The van der Waals surface area contributed by atoms with Gasteiger partial charge in [-0.25, -0.2) is 0 Å². The third-order valence-corrected chi connectivity index (χ3v) is 10.8. The Hall–Kier alpha value is -3.58. The Bertz CT molecular complexity index is 1860. The number of pyridine rings is 1. The lowest BCUT2D eigenvalue weighted by Gasteiger charge is -2.36. The van der Waals surface area contributed by atoms with Crippen molar-refractivity contribution in [2.75, 3.05) is 5.75 Å². The second-order valence-electron chi connectivity index (χ2n) is 13.5. The van der Waals surface area contributed by atoms with Crippen LogP contribution in [0.4, 0.5) is 5.69 Å². The summed E-state index contributed by atoms with van der Waals surface area (Å²) in [7, 11) is 0. The molecule has 0 spiro atoms. The highest BCUT2D eigenvalue weighted by atomic mass is 32.2. The fourth-order valence-electron chi connectivity index (χ4n) is 7.15. The summed E-state index contributed by atoms with van der Waals surface area (Å²) in [6.45, 7) is 6.95. The molecule has 0 amide bonds. The van der Waals surface area contributed by atoms with Gasteiger partial charge >= 0.3 is 0 Å². The lowest BCUT2D eigenvalue weighted by molar-refractivity contribution is -0.671. The minimum absolute atomic E-state index is 0.223. The second-order valence-corrected chi connectivity index (χ2v) is 14.8. The molecule has 0 bridgehead atoms. The third-order valence-electron chi connectivity index (χ3n) is 9.86. The van der Waals surface area contributed by atoms with Crippen LogP contribution in [-0.4, -0.2) is 39.0 Å². The van der Waals surface area contributed by atoms with E-state index in [1.165, 1.54) is 66.6 Å². The number of thioether (sulfide) groups is 1. The van der Waals surface area contributed by atoms with E-state index in [2.05, 4.69) is 85.3 Å². The van der Waals surface area contributed by atoms with Gasteiger partial charge in [0.05, 0.1) is 16.8 Å². The van der Waals surface area contributed by atoms with Crippen molar-refractivity contribution in [3.05, 3.63) is 101 Å². The number of unbranched alkanes of at least 4 members (excludes halogenated alkanes) is 7. The molecule has 5 nitrogen and oxygen atoms in total. The van der Waals surface area contributed by atoms with Crippen LogP contribution in [0.25, 0.3) is 27.8 Å². The predicted octanol–water partition coefficient (Wildman–Crippen LogP) is 8.79.